The summed E-state index contributed by atoms with van der Waals surface area (Å²) in [6.45, 7) is 4.10. The lowest BCUT2D eigenvalue weighted by atomic mass is 10.1. The Kier molecular flexibility index (Phi) is 5.18. The predicted octanol–water partition coefficient (Wildman–Crippen LogP) is 2.08. The summed E-state index contributed by atoms with van der Waals surface area (Å²) in [5, 5.41) is 0. The molecule has 1 aliphatic carbocycles. The van der Waals surface area contributed by atoms with Gasteiger partial charge in [-0.3, -0.25) is 9.69 Å². The molecule has 1 saturated carbocycles. The molecule has 3 rings (SSSR count). The molecule has 126 valence electrons. The van der Waals surface area contributed by atoms with Crippen molar-refractivity contribution in [3.05, 3.63) is 29.8 Å². The first-order chi connectivity index (χ1) is 11.1. The molecular weight excluding hydrogens is 292 g/mol. The summed E-state index contributed by atoms with van der Waals surface area (Å²) in [6, 6.07) is 8.27. The standard InChI is InChI=1S/C18H26N2O3/c1-13-10-20(12-17(22-13)18(19)21)11-14-5-4-8-16(9-14)23-15-6-2-3-7-15/h4-5,8-9,13,15,17H,2-3,6-7,10-12H2,1H3,(H2,19,21)/t13-,17-/m1/s1. The highest BCUT2D eigenvalue weighted by Gasteiger charge is 2.28. The normalized spacial score (nSPS) is 26.3. The van der Waals surface area contributed by atoms with Gasteiger partial charge in [-0.25, -0.2) is 0 Å². The molecule has 2 N–H and O–H groups in total. The lowest BCUT2D eigenvalue weighted by molar-refractivity contribution is -0.142. The molecule has 2 atom stereocenters. The van der Waals surface area contributed by atoms with Gasteiger partial charge in [0.25, 0.3) is 0 Å². The maximum absolute atomic E-state index is 11.4. The van der Waals surface area contributed by atoms with Gasteiger partial charge < -0.3 is 15.2 Å². The number of carbonyl (C=O) groups excluding carboxylic acids is 1. The summed E-state index contributed by atoms with van der Waals surface area (Å²) in [5.41, 5.74) is 6.58. The predicted molar refractivity (Wildman–Crippen MR) is 88.1 cm³/mol. The molecule has 0 bridgehead atoms. The maximum atomic E-state index is 11.4. The van der Waals surface area contributed by atoms with Crippen molar-refractivity contribution in [3.63, 3.8) is 0 Å². The van der Waals surface area contributed by atoms with Crippen LogP contribution in [0.3, 0.4) is 0 Å². The molecule has 1 aromatic carbocycles. The number of hydrogen-bond donors (Lipinski definition) is 1. The Bertz CT molecular complexity index is 543. The Morgan fingerprint density at radius 2 is 2.13 bits per heavy atom. The molecule has 1 saturated heterocycles. The van der Waals surface area contributed by atoms with Gasteiger partial charge in [-0.15, -0.1) is 0 Å². The number of nitrogens with two attached hydrogens (primary N) is 1. The van der Waals surface area contributed by atoms with E-state index < -0.39 is 6.10 Å². The monoisotopic (exact) mass is 318 g/mol. The van der Waals surface area contributed by atoms with E-state index in [0.717, 1.165) is 31.7 Å². The Morgan fingerprint density at radius 1 is 1.35 bits per heavy atom. The number of benzene rings is 1. The topological polar surface area (TPSA) is 64.8 Å². The number of amides is 1. The molecule has 0 spiro atoms. The number of hydrogen-bond acceptors (Lipinski definition) is 4. The van der Waals surface area contributed by atoms with E-state index in [4.69, 9.17) is 15.2 Å². The molecule has 0 unspecified atom stereocenters. The molecule has 1 heterocycles. The van der Waals surface area contributed by atoms with E-state index in [-0.39, 0.29) is 12.0 Å². The van der Waals surface area contributed by atoms with E-state index in [1.165, 1.54) is 18.4 Å². The summed E-state index contributed by atoms with van der Waals surface area (Å²) in [4.78, 5) is 13.6. The summed E-state index contributed by atoms with van der Waals surface area (Å²) >= 11 is 0. The van der Waals surface area contributed by atoms with Crippen LogP contribution in [0.2, 0.25) is 0 Å². The first-order valence-electron chi connectivity index (χ1n) is 8.53. The van der Waals surface area contributed by atoms with Gasteiger partial charge in [-0.1, -0.05) is 12.1 Å². The number of carbonyl (C=O) groups is 1. The van der Waals surface area contributed by atoms with Crippen LogP contribution in [0.5, 0.6) is 5.75 Å². The molecule has 1 aliphatic heterocycles. The van der Waals surface area contributed by atoms with Crippen molar-refractivity contribution in [2.75, 3.05) is 13.1 Å². The summed E-state index contributed by atoms with van der Waals surface area (Å²) in [6.07, 6.45) is 4.72. The van der Waals surface area contributed by atoms with Gasteiger partial charge in [0, 0.05) is 19.6 Å². The van der Waals surface area contributed by atoms with Crippen molar-refractivity contribution in [2.45, 2.75) is 57.5 Å². The van der Waals surface area contributed by atoms with Crippen LogP contribution in [-0.4, -0.2) is 42.2 Å². The highest BCUT2D eigenvalue weighted by molar-refractivity contribution is 5.79. The van der Waals surface area contributed by atoms with Crippen molar-refractivity contribution in [1.29, 1.82) is 0 Å². The average Bonchev–Trinajstić information content (AvgIpc) is 3.00. The van der Waals surface area contributed by atoms with Crippen molar-refractivity contribution in [1.82, 2.24) is 4.90 Å². The number of primary amides is 1. The Morgan fingerprint density at radius 3 is 2.87 bits per heavy atom. The van der Waals surface area contributed by atoms with Crippen LogP contribution in [0.25, 0.3) is 0 Å². The van der Waals surface area contributed by atoms with Crippen LogP contribution in [0.15, 0.2) is 24.3 Å². The maximum Gasteiger partial charge on any atom is 0.247 e. The SMILES string of the molecule is C[C@@H]1CN(Cc2cccc(OC3CCCC3)c2)C[C@H](C(N)=O)O1. The van der Waals surface area contributed by atoms with E-state index >= 15 is 0 Å². The molecule has 0 radical (unpaired) electrons. The quantitative estimate of drug-likeness (QED) is 0.903. The van der Waals surface area contributed by atoms with Crippen molar-refractivity contribution in [3.8, 4) is 5.75 Å². The minimum absolute atomic E-state index is 0.0131. The lowest BCUT2D eigenvalue weighted by Crippen LogP contribution is -2.51. The molecule has 1 aromatic rings. The fourth-order valence-corrected chi connectivity index (χ4v) is 3.50. The van der Waals surface area contributed by atoms with Crippen LogP contribution in [0.1, 0.15) is 38.2 Å². The van der Waals surface area contributed by atoms with E-state index in [0.29, 0.717) is 12.6 Å². The summed E-state index contributed by atoms with van der Waals surface area (Å²) in [7, 11) is 0. The first kappa shape index (κ1) is 16.3. The van der Waals surface area contributed by atoms with Gasteiger partial charge in [-0.05, 0) is 50.3 Å². The fraction of sp³-hybridized carbons (Fsp3) is 0.611. The van der Waals surface area contributed by atoms with Gasteiger partial charge in [0.1, 0.15) is 11.9 Å². The molecule has 5 heteroatoms. The van der Waals surface area contributed by atoms with Crippen LogP contribution in [-0.2, 0) is 16.1 Å². The zero-order chi connectivity index (χ0) is 16.2. The largest absolute Gasteiger partial charge is 0.490 e. The Hall–Kier alpha value is -1.59. The van der Waals surface area contributed by atoms with Crippen molar-refractivity contribution < 1.29 is 14.3 Å². The van der Waals surface area contributed by atoms with E-state index in [1.54, 1.807) is 0 Å². The summed E-state index contributed by atoms with van der Waals surface area (Å²) < 4.78 is 11.7. The smallest absolute Gasteiger partial charge is 0.247 e. The second-order valence-electron chi connectivity index (χ2n) is 6.70. The number of rotatable bonds is 5. The molecule has 2 aliphatic rings. The van der Waals surface area contributed by atoms with E-state index in [2.05, 4.69) is 17.0 Å². The lowest BCUT2D eigenvalue weighted by Gasteiger charge is -2.35. The molecule has 0 aromatic heterocycles. The first-order valence-corrected chi connectivity index (χ1v) is 8.53. The third kappa shape index (κ3) is 4.45. The van der Waals surface area contributed by atoms with Gasteiger partial charge in [0.05, 0.1) is 12.2 Å². The van der Waals surface area contributed by atoms with Crippen LogP contribution >= 0.6 is 0 Å². The van der Waals surface area contributed by atoms with E-state index in [1.807, 2.05) is 19.1 Å². The van der Waals surface area contributed by atoms with Gasteiger partial charge >= 0.3 is 0 Å². The van der Waals surface area contributed by atoms with Gasteiger partial charge in [-0.2, -0.15) is 0 Å². The molecule has 5 nitrogen and oxygen atoms in total. The minimum atomic E-state index is -0.517. The second kappa shape index (κ2) is 7.32. The molecular formula is C18H26N2O3. The number of nitrogens with zero attached hydrogens (tertiary/aromatic N) is 1. The Balaban J connectivity index is 1.61. The number of ether oxygens (including phenoxy) is 2. The molecule has 1 amide bonds. The third-order valence-corrected chi connectivity index (χ3v) is 4.56. The van der Waals surface area contributed by atoms with Crippen molar-refractivity contribution in [2.24, 2.45) is 5.73 Å². The fourth-order valence-electron chi connectivity index (χ4n) is 3.50. The van der Waals surface area contributed by atoms with Gasteiger partial charge in [0.2, 0.25) is 5.91 Å². The second-order valence-corrected chi connectivity index (χ2v) is 6.70. The van der Waals surface area contributed by atoms with Crippen LogP contribution < -0.4 is 10.5 Å². The Labute approximate surface area is 137 Å². The van der Waals surface area contributed by atoms with Crippen molar-refractivity contribution >= 4 is 5.91 Å². The highest BCUT2D eigenvalue weighted by atomic mass is 16.5. The molecule has 2 fully saturated rings. The van der Waals surface area contributed by atoms with Gasteiger partial charge in [0.15, 0.2) is 0 Å². The molecule has 23 heavy (non-hydrogen) atoms. The zero-order valence-electron chi connectivity index (χ0n) is 13.7. The minimum Gasteiger partial charge on any atom is -0.490 e. The van der Waals surface area contributed by atoms with E-state index in [9.17, 15) is 4.79 Å². The number of morpholine rings is 1. The average molecular weight is 318 g/mol. The third-order valence-electron chi connectivity index (χ3n) is 4.56. The zero-order valence-corrected chi connectivity index (χ0v) is 13.7. The van der Waals surface area contributed by atoms with Crippen LogP contribution in [0.4, 0.5) is 0 Å². The highest BCUT2D eigenvalue weighted by Crippen LogP contribution is 2.25. The summed E-state index contributed by atoms with van der Waals surface area (Å²) in [5.74, 6) is 0.557. The van der Waals surface area contributed by atoms with Crippen LogP contribution in [0, 0.1) is 0 Å².